The largest absolute Gasteiger partial charge is 0.475 e. The summed E-state index contributed by atoms with van der Waals surface area (Å²) < 4.78 is 5.21. The van der Waals surface area contributed by atoms with Crippen LogP contribution in [-0.2, 0) is 0 Å². The van der Waals surface area contributed by atoms with Gasteiger partial charge >= 0.3 is 5.97 Å². The molecule has 0 spiro atoms. The molecule has 1 aliphatic carbocycles. The summed E-state index contributed by atoms with van der Waals surface area (Å²) in [7, 11) is 0. The average Bonchev–Trinajstić information content (AvgIpc) is 2.90. The molecule has 1 aliphatic rings. The van der Waals surface area contributed by atoms with Gasteiger partial charge in [-0.3, -0.25) is 0 Å². The van der Waals surface area contributed by atoms with Crippen molar-refractivity contribution in [2.75, 3.05) is 11.1 Å². The lowest BCUT2D eigenvalue weighted by Gasteiger charge is -2.19. The maximum Gasteiger partial charge on any atom is 0.371 e. The van der Waals surface area contributed by atoms with E-state index < -0.39 is 5.97 Å². The van der Waals surface area contributed by atoms with Gasteiger partial charge in [0.2, 0.25) is 5.76 Å². The highest BCUT2D eigenvalue weighted by Gasteiger charge is 2.27. The Morgan fingerprint density at radius 3 is 3.06 bits per heavy atom. The van der Waals surface area contributed by atoms with E-state index in [2.05, 4.69) is 12.2 Å². The number of anilines is 1. The van der Waals surface area contributed by atoms with Gasteiger partial charge in [-0.1, -0.05) is 13.3 Å². The number of thioether (sulfide) groups is 1. The highest BCUT2D eigenvalue weighted by atomic mass is 32.2. The van der Waals surface area contributed by atoms with Gasteiger partial charge in [-0.15, -0.1) is 0 Å². The molecule has 0 bridgehead atoms. The van der Waals surface area contributed by atoms with Crippen molar-refractivity contribution in [1.29, 1.82) is 0 Å². The second-order valence-corrected chi connectivity index (χ2v) is 5.66. The van der Waals surface area contributed by atoms with Crippen LogP contribution in [0.3, 0.4) is 0 Å². The first kappa shape index (κ1) is 12.4. The summed E-state index contributed by atoms with van der Waals surface area (Å²) in [6.45, 7) is 2.16. The van der Waals surface area contributed by atoms with E-state index >= 15 is 0 Å². The number of rotatable bonds is 5. The Labute approximate surface area is 105 Å². The molecule has 2 rings (SSSR count). The third-order valence-electron chi connectivity index (χ3n) is 2.98. The zero-order valence-electron chi connectivity index (χ0n) is 9.81. The lowest BCUT2D eigenvalue weighted by atomic mass is 10.2. The molecule has 1 fully saturated rings. The quantitative estimate of drug-likeness (QED) is 0.846. The van der Waals surface area contributed by atoms with E-state index in [4.69, 9.17) is 9.52 Å². The van der Waals surface area contributed by atoms with Crippen LogP contribution in [0.5, 0.6) is 0 Å². The second-order valence-electron chi connectivity index (χ2n) is 4.14. The normalized spacial score (nSPS) is 23.8. The van der Waals surface area contributed by atoms with Crippen molar-refractivity contribution in [1.82, 2.24) is 0 Å². The third kappa shape index (κ3) is 2.97. The number of hydrogen-bond acceptors (Lipinski definition) is 4. The van der Waals surface area contributed by atoms with Gasteiger partial charge in [0.15, 0.2) is 5.88 Å². The summed E-state index contributed by atoms with van der Waals surface area (Å²) in [6.07, 6.45) is 3.57. The zero-order valence-corrected chi connectivity index (χ0v) is 10.6. The standard InChI is InChI=1S/C12H17NO3S/c1-2-17-10-5-3-4-8(10)13-11-7-6-9(16-11)12(14)15/h6-8,10,13H,2-5H2,1H3,(H,14,15). The van der Waals surface area contributed by atoms with Crippen LogP contribution in [0.2, 0.25) is 0 Å². The van der Waals surface area contributed by atoms with Crippen LogP contribution in [0.1, 0.15) is 36.7 Å². The molecule has 5 heteroatoms. The maximum atomic E-state index is 10.7. The first-order valence-corrected chi connectivity index (χ1v) is 6.97. The fourth-order valence-corrected chi connectivity index (χ4v) is 3.42. The van der Waals surface area contributed by atoms with Gasteiger partial charge in [-0.05, 0) is 24.7 Å². The van der Waals surface area contributed by atoms with Gasteiger partial charge in [0, 0.05) is 17.4 Å². The minimum atomic E-state index is -1.02. The third-order valence-corrected chi connectivity index (χ3v) is 4.30. The van der Waals surface area contributed by atoms with Gasteiger partial charge in [0.25, 0.3) is 0 Å². The molecule has 94 valence electrons. The summed E-state index contributed by atoms with van der Waals surface area (Å²) in [4.78, 5) is 10.7. The fraction of sp³-hybridized carbons (Fsp3) is 0.583. The molecular weight excluding hydrogens is 238 g/mol. The number of carbonyl (C=O) groups is 1. The number of carboxylic acid groups (broad SMARTS) is 1. The van der Waals surface area contributed by atoms with Gasteiger partial charge < -0.3 is 14.8 Å². The molecule has 0 radical (unpaired) electrons. The lowest BCUT2D eigenvalue weighted by Crippen LogP contribution is -2.25. The second kappa shape index (κ2) is 5.49. The molecule has 1 aromatic rings. The Kier molecular flexibility index (Phi) is 3.99. The molecule has 1 heterocycles. The monoisotopic (exact) mass is 255 g/mol. The molecule has 0 amide bonds. The molecule has 1 saturated carbocycles. The van der Waals surface area contributed by atoms with Crippen molar-refractivity contribution in [3.8, 4) is 0 Å². The maximum absolute atomic E-state index is 10.7. The van der Waals surface area contributed by atoms with E-state index in [0.717, 1.165) is 12.2 Å². The number of carboxylic acids is 1. The molecule has 0 aliphatic heterocycles. The highest BCUT2D eigenvalue weighted by Crippen LogP contribution is 2.32. The zero-order chi connectivity index (χ0) is 12.3. The molecular formula is C12H17NO3S. The van der Waals surface area contributed by atoms with Crippen molar-refractivity contribution >= 4 is 23.6 Å². The Morgan fingerprint density at radius 1 is 1.59 bits per heavy atom. The molecule has 2 N–H and O–H groups in total. The van der Waals surface area contributed by atoms with E-state index in [1.165, 1.54) is 18.9 Å². The number of nitrogens with one attached hydrogen (secondary N) is 1. The SMILES string of the molecule is CCSC1CCCC1Nc1ccc(C(=O)O)o1. The average molecular weight is 255 g/mol. The van der Waals surface area contributed by atoms with Crippen LogP contribution < -0.4 is 5.32 Å². The summed E-state index contributed by atoms with van der Waals surface area (Å²) in [6, 6.07) is 3.57. The van der Waals surface area contributed by atoms with Gasteiger partial charge in [-0.25, -0.2) is 4.79 Å². The van der Waals surface area contributed by atoms with Crippen molar-refractivity contribution in [3.05, 3.63) is 17.9 Å². The minimum Gasteiger partial charge on any atom is -0.475 e. The van der Waals surface area contributed by atoms with Crippen molar-refractivity contribution < 1.29 is 14.3 Å². The Balaban J connectivity index is 1.97. The fourth-order valence-electron chi connectivity index (χ4n) is 2.22. The summed E-state index contributed by atoms with van der Waals surface area (Å²) in [5.41, 5.74) is 0. The first-order chi connectivity index (χ1) is 8.20. The number of aromatic carboxylic acids is 1. The van der Waals surface area contributed by atoms with Crippen LogP contribution in [0.4, 0.5) is 5.88 Å². The summed E-state index contributed by atoms with van der Waals surface area (Å²) in [5.74, 6) is 0.645. The Bertz CT molecular complexity index is 391. The van der Waals surface area contributed by atoms with E-state index in [-0.39, 0.29) is 5.76 Å². The Hall–Kier alpha value is -1.10. The van der Waals surface area contributed by atoms with Crippen molar-refractivity contribution in [2.45, 2.75) is 37.5 Å². The van der Waals surface area contributed by atoms with E-state index in [0.29, 0.717) is 17.2 Å². The summed E-state index contributed by atoms with van der Waals surface area (Å²) in [5, 5.41) is 12.7. The topological polar surface area (TPSA) is 62.5 Å². The van der Waals surface area contributed by atoms with Crippen molar-refractivity contribution in [2.24, 2.45) is 0 Å². The predicted octanol–water partition coefficient (Wildman–Crippen LogP) is 3.06. The van der Waals surface area contributed by atoms with Gasteiger partial charge in [0.05, 0.1) is 0 Å². The number of furan rings is 1. The van der Waals surface area contributed by atoms with Crippen LogP contribution in [0.15, 0.2) is 16.5 Å². The molecule has 1 aromatic heterocycles. The molecule has 2 atom stereocenters. The molecule has 0 aromatic carbocycles. The Morgan fingerprint density at radius 2 is 2.41 bits per heavy atom. The van der Waals surface area contributed by atoms with Crippen LogP contribution in [0.25, 0.3) is 0 Å². The minimum absolute atomic E-state index is 0.00908. The molecule has 0 saturated heterocycles. The molecule has 2 unspecified atom stereocenters. The predicted molar refractivity (Wildman–Crippen MR) is 68.8 cm³/mol. The number of hydrogen-bond donors (Lipinski definition) is 2. The lowest BCUT2D eigenvalue weighted by molar-refractivity contribution is 0.0663. The van der Waals surface area contributed by atoms with Crippen LogP contribution in [0, 0.1) is 0 Å². The van der Waals surface area contributed by atoms with E-state index in [9.17, 15) is 4.79 Å². The van der Waals surface area contributed by atoms with Crippen LogP contribution in [-0.4, -0.2) is 28.1 Å². The molecule has 17 heavy (non-hydrogen) atoms. The van der Waals surface area contributed by atoms with E-state index in [1.54, 1.807) is 6.07 Å². The first-order valence-electron chi connectivity index (χ1n) is 5.92. The smallest absolute Gasteiger partial charge is 0.371 e. The summed E-state index contributed by atoms with van der Waals surface area (Å²) >= 11 is 1.96. The highest BCUT2D eigenvalue weighted by molar-refractivity contribution is 7.99. The van der Waals surface area contributed by atoms with Gasteiger partial charge in [-0.2, -0.15) is 11.8 Å². The van der Waals surface area contributed by atoms with Crippen LogP contribution >= 0.6 is 11.8 Å². The molecule has 4 nitrogen and oxygen atoms in total. The van der Waals surface area contributed by atoms with Gasteiger partial charge in [0.1, 0.15) is 0 Å². The van der Waals surface area contributed by atoms with Crippen molar-refractivity contribution in [3.63, 3.8) is 0 Å². The van der Waals surface area contributed by atoms with E-state index in [1.807, 2.05) is 11.8 Å².